The lowest BCUT2D eigenvalue weighted by Crippen LogP contribution is -2.10. The molecule has 0 aromatic heterocycles. The lowest BCUT2D eigenvalue weighted by molar-refractivity contribution is 0.609. The van der Waals surface area contributed by atoms with Gasteiger partial charge >= 0.3 is 0 Å². The first kappa shape index (κ1) is 10.5. The van der Waals surface area contributed by atoms with Crippen molar-refractivity contribution < 1.29 is 0 Å². The van der Waals surface area contributed by atoms with Crippen LogP contribution in [-0.2, 0) is 0 Å². The molecule has 0 saturated carbocycles. The third-order valence-electron chi connectivity index (χ3n) is 1.98. The molecular formula is C12H16N2. The molecule has 1 aliphatic rings. The van der Waals surface area contributed by atoms with E-state index in [0.29, 0.717) is 0 Å². The second kappa shape index (κ2) is 5.22. The molecule has 74 valence electrons. The van der Waals surface area contributed by atoms with Crippen molar-refractivity contribution in [2.24, 2.45) is 4.99 Å². The predicted octanol–water partition coefficient (Wildman–Crippen LogP) is 3.23. The third-order valence-corrected chi connectivity index (χ3v) is 1.98. The van der Waals surface area contributed by atoms with E-state index in [-0.39, 0.29) is 0 Å². The van der Waals surface area contributed by atoms with Crippen LogP contribution in [0.5, 0.6) is 0 Å². The van der Waals surface area contributed by atoms with Crippen LogP contribution in [-0.4, -0.2) is 11.1 Å². The van der Waals surface area contributed by atoms with E-state index in [1.165, 1.54) is 11.8 Å². The van der Waals surface area contributed by atoms with Crippen LogP contribution in [0.1, 0.15) is 20.3 Å². The lowest BCUT2D eigenvalue weighted by Gasteiger charge is -2.20. The van der Waals surface area contributed by atoms with Crippen LogP contribution in [0.4, 0.5) is 0 Å². The molecule has 0 fully saturated rings. The second-order valence-corrected chi connectivity index (χ2v) is 3.26. The standard InChI is InChI=1S/C12H16N2/c1-4-13-8-7-12(3)14-9-5-6-11(2)10-14/h4-5,7-10H,1,6H2,2-3H3/b12-7+,13-8?. The first-order valence-corrected chi connectivity index (χ1v) is 4.67. The zero-order valence-electron chi connectivity index (χ0n) is 8.77. The van der Waals surface area contributed by atoms with Crippen LogP contribution in [0, 0.1) is 0 Å². The van der Waals surface area contributed by atoms with E-state index in [2.05, 4.69) is 48.8 Å². The molecule has 0 bridgehead atoms. The van der Waals surface area contributed by atoms with E-state index in [1.54, 1.807) is 6.21 Å². The maximum absolute atomic E-state index is 3.92. The van der Waals surface area contributed by atoms with Gasteiger partial charge in [-0.3, -0.25) is 4.99 Å². The summed E-state index contributed by atoms with van der Waals surface area (Å²) in [6.45, 7) is 7.69. The van der Waals surface area contributed by atoms with Gasteiger partial charge < -0.3 is 4.90 Å². The van der Waals surface area contributed by atoms with Gasteiger partial charge in [-0.1, -0.05) is 18.2 Å². The molecule has 1 heterocycles. The highest BCUT2D eigenvalue weighted by Gasteiger charge is 2.01. The number of aliphatic imine (C=N–C) groups is 1. The van der Waals surface area contributed by atoms with E-state index in [0.717, 1.165) is 12.1 Å². The van der Waals surface area contributed by atoms with E-state index in [4.69, 9.17) is 0 Å². The van der Waals surface area contributed by atoms with Gasteiger partial charge in [-0.25, -0.2) is 0 Å². The molecular weight excluding hydrogens is 172 g/mol. The average molecular weight is 188 g/mol. The smallest absolute Gasteiger partial charge is 0.0284 e. The Morgan fingerprint density at radius 3 is 3.07 bits per heavy atom. The van der Waals surface area contributed by atoms with Crippen molar-refractivity contribution in [1.82, 2.24) is 4.90 Å². The van der Waals surface area contributed by atoms with E-state index >= 15 is 0 Å². The fourth-order valence-electron chi connectivity index (χ4n) is 1.20. The lowest BCUT2D eigenvalue weighted by atomic mass is 10.2. The molecule has 2 nitrogen and oxygen atoms in total. The summed E-state index contributed by atoms with van der Waals surface area (Å²) in [5, 5.41) is 0. The van der Waals surface area contributed by atoms with E-state index < -0.39 is 0 Å². The Morgan fingerprint density at radius 2 is 2.43 bits per heavy atom. The van der Waals surface area contributed by atoms with E-state index in [9.17, 15) is 0 Å². The van der Waals surface area contributed by atoms with Gasteiger partial charge in [0.2, 0.25) is 0 Å². The predicted molar refractivity (Wildman–Crippen MR) is 61.8 cm³/mol. The van der Waals surface area contributed by atoms with Gasteiger partial charge in [0.25, 0.3) is 0 Å². The van der Waals surface area contributed by atoms with Crippen molar-refractivity contribution in [2.45, 2.75) is 20.3 Å². The Balaban J connectivity index is 2.68. The van der Waals surface area contributed by atoms with Crippen molar-refractivity contribution in [1.29, 1.82) is 0 Å². The Hall–Kier alpha value is -1.57. The second-order valence-electron chi connectivity index (χ2n) is 3.26. The maximum Gasteiger partial charge on any atom is 0.0284 e. The highest BCUT2D eigenvalue weighted by Crippen LogP contribution is 2.15. The third kappa shape index (κ3) is 3.05. The number of rotatable bonds is 3. The molecule has 0 spiro atoms. The fraction of sp³-hybridized carbons (Fsp3) is 0.250. The van der Waals surface area contributed by atoms with Gasteiger partial charge in [0, 0.05) is 30.5 Å². The highest BCUT2D eigenvalue weighted by molar-refractivity contribution is 5.72. The molecule has 0 unspecified atom stereocenters. The fourth-order valence-corrected chi connectivity index (χ4v) is 1.20. The zero-order chi connectivity index (χ0) is 10.4. The van der Waals surface area contributed by atoms with Crippen molar-refractivity contribution in [3.63, 3.8) is 0 Å². The number of hydrogen-bond acceptors (Lipinski definition) is 2. The summed E-state index contributed by atoms with van der Waals surface area (Å²) >= 11 is 0. The Labute approximate surface area is 85.6 Å². The topological polar surface area (TPSA) is 15.6 Å². The van der Waals surface area contributed by atoms with Crippen molar-refractivity contribution in [3.8, 4) is 0 Å². The van der Waals surface area contributed by atoms with Crippen molar-refractivity contribution in [2.75, 3.05) is 0 Å². The molecule has 0 N–H and O–H groups in total. The number of allylic oxidation sites excluding steroid dienone is 4. The van der Waals surface area contributed by atoms with Crippen molar-refractivity contribution in [3.05, 3.63) is 48.6 Å². The average Bonchev–Trinajstić information content (AvgIpc) is 2.18. The van der Waals surface area contributed by atoms with Crippen LogP contribution >= 0.6 is 0 Å². The van der Waals surface area contributed by atoms with Gasteiger partial charge in [0.1, 0.15) is 0 Å². The minimum absolute atomic E-state index is 1.05. The minimum Gasteiger partial charge on any atom is -0.328 e. The summed E-state index contributed by atoms with van der Waals surface area (Å²) in [5.74, 6) is 0. The molecule has 0 aromatic rings. The van der Waals surface area contributed by atoms with Crippen LogP contribution in [0.2, 0.25) is 0 Å². The van der Waals surface area contributed by atoms with Gasteiger partial charge in [0.05, 0.1) is 0 Å². The summed E-state index contributed by atoms with van der Waals surface area (Å²) in [5.41, 5.74) is 2.51. The highest BCUT2D eigenvalue weighted by atomic mass is 15.1. The monoisotopic (exact) mass is 188 g/mol. The van der Waals surface area contributed by atoms with Gasteiger partial charge in [-0.05, 0) is 26.3 Å². The quantitative estimate of drug-likeness (QED) is 0.621. The summed E-state index contributed by atoms with van der Waals surface area (Å²) in [6, 6.07) is 0. The van der Waals surface area contributed by atoms with Crippen LogP contribution in [0.15, 0.2) is 53.6 Å². The molecule has 0 amide bonds. The van der Waals surface area contributed by atoms with Gasteiger partial charge in [-0.15, -0.1) is 0 Å². The molecule has 1 aliphatic heterocycles. The van der Waals surface area contributed by atoms with Gasteiger partial charge in [-0.2, -0.15) is 0 Å². The first-order chi connectivity index (χ1) is 6.74. The van der Waals surface area contributed by atoms with Crippen LogP contribution in [0.3, 0.4) is 0 Å². The van der Waals surface area contributed by atoms with Crippen LogP contribution < -0.4 is 0 Å². The molecule has 14 heavy (non-hydrogen) atoms. The van der Waals surface area contributed by atoms with Gasteiger partial charge in [0.15, 0.2) is 0 Å². The molecule has 2 heteroatoms. The largest absolute Gasteiger partial charge is 0.328 e. The molecule has 0 radical (unpaired) electrons. The Kier molecular flexibility index (Phi) is 3.92. The van der Waals surface area contributed by atoms with E-state index in [1.807, 2.05) is 6.08 Å². The maximum atomic E-state index is 3.92. The normalized spacial score (nSPS) is 17.4. The summed E-state index contributed by atoms with van der Waals surface area (Å²) in [6.07, 6.45) is 12.6. The Bertz CT molecular complexity index is 319. The molecule has 0 aromatic carbocycles. The number of nitrogens with zero attached hydrogens (tertiary/aromatic N) is 2. The minimum atomic E-state index is 1.05. The molecule has 0 saturated heterocycles. The molecule has 0 atom stereocenters. The zero-order valence-corrected chi connectivity index (χ0v) is 8.77. The summed E-state index contributed by atoms with van der Waals surface area (Å²) < 4.78 is 0. The van der Waals surface area contributed by atoms with Crippen molar-refractivity contribution >= 4 is 6.21 Å². The number of hydrogen-bond donors (Lipinski definition) is 0. The molecule has 1 rings (SSSR count). The summed E-state index contributed by atoms with van der Waals surface area (Å²) in [7, 11) is 0. The molecule has 0 aliphatic carbocycles. The summed E-state index contributed by atoms with van der Waals surface area (Å²) in [4.78, 5) is 6.01. The first-order valence-electron chi connectivity index (χ1n) is 4.67. The van der Waals surface area contributed by atoms with Crippen LogP contribution in [0.25, 0.3) is 0 Å². The Morgan fingerprint density at radius 1 is 1.64 bits per heavy atom. The SMILES string of the molecule is C=CN=C/C=C(\C)N1C=CCC(C)=C1.